The van der Waals surface area contributed by atoms with Crippen LogP contribution < -0.4 is 0 Å². The van der Waals surface area contributed by atoms with Crippen LogP contribution in [0.4, 0.5) is 22.0 Å². The number of ether oxygens (including phenoxy) is 1. The lowest BCUT2D eigenvalue weighted by Crippen LogP contribution is -2.35. The van der Waals surface area contributed by atoms with E-state index in [9.17, 15) is 22.0 Å². The minimum absolute atomic E-state index is 0.0310. The van der Waals surface area contributed by atoms with Gasteiger partial charge in [-0.3, -0.25) is 4.74 Å². The van der Waals surface area contributed by atoms with Gasteiger partial charge in [0.05, 0.1) is 0 Å². The SMILES string of the molecule is CCCC(F)(F)OC(n1cccc1)C(F)(F)F. The third kappa shape index (κ3) is 3.99. The fraction of sp³-hybridized carbons (Fsp3) is 0.600. The maximum atomic E-state index is 13.1. The molecule has 0 fully saturated rings. The molecule has 1 rings (SSSR count). The average Bonchev–Trinajstić information content (AvgIpc) is 2.64. The Bertz CT molecular complexity index is 333. The van der Waals surface area contributed by atoms with Crippen LogP contribution in [0.2, 0.25) is 0 Å². The first-order valence-corrected chi connectivity index (χ1v) is 5.01. The Morgan fingerprint density at radius 2 is 1.65 bits per heavy atom. The first kappa shape index (κ1) is 14.0. The first-order chi connectivity index (χ1) is 7.76. The molecule has 1 unspecified atom stereocenters. The van der Waals surface area contributed by atoms with Gasteiger partial charge in [0.15, 0.2) is 0 Å². The van der Waals surface area contributed by atoms with Crippen molar-refractivity contribution in [3.05, 3.63) is 24.5 Å². The zero-order chi connectivity index (χ0) is 13.1. The molecule has 0 spiro atoms. The monoisotopic (exact) mass is 257 g/mol. The zero-order valence-corrected chi connectivity index (χ0v) is 9.05. The quantitative estimate of drug-likeness (QED) is 0.728. The van der Waals surface area contributed by atoms with Crippen LogP contribution in [0.1, 0.15) is 26.0 Å². The Kier molecular flexibility index (Phi) is 4.13. The van der Waals surface area contributed by atoms with Gasteiger partial charge in [-0.25, -0.2) is 0 Å². The number of halogens is 5. The van der Waals surface area contributed by atoms with E-state index in [4.69, 9.17) is 0 Å². The van der Waals surface area contributed by atoms with Crippen LogP contribution in [0.3, 0.4) is 0 Å². The highest BCUT2D eigenvalue weighted by atomic mass is 19.4. The van der Waals surface area contributed by atoms with Crippen molar-refractivity contribution in [2.45, 2.75) is 38.3 Å². The molecule has 0 saturated heterocycles. The van der Waals surface area contributed by atoms with Crippen molar-refractivity contribution in [1.29, 1.82) is 0 Å². The van der Waals surface area contributed by atoms with Crippen LogP contribution in [0.25, 0.3) is 0 Å². The van der Waals surface area contributed by atoms with Crippen LogP contribution >= 0.6 is 0 Å². The van der Waals surface area contributed by atoms with Gasteiger partial charge in [0, 0.05) is 18.8 Å². The molecular formula is C10H12F5NO. The van der Waals surface area contributed by atoms with E-state index in [0.29, 0.717) is 4.57 Å². The molecule has 0 bridgehead atoms. The lowest BCUT2D eigenvalue weighted by molar-refractivity contribution is -0.349. The Hall–Kier alpha value is -1.11. The lowest BCUT2D eigenvalue weighted by atomic mass is 10.3. The summed E-state index contributed by atoms with van der Waals surface area (Å²) in [5.74, 6) is 0. The normalized spacial score (nSPS) is 14.9. The fourth-order valence-corrected chi connectivity index (χ4v) is 1.31. The van der Waals surface area contributed by atoms with E-state index < -0.39 is 24.9 Å². The van der Waals surface area contributed by atoms with Gasteiger partial charge in [0.2, 0.25) is 6.23 Å². The molecule has 0 aromatic carbocycles. The first-order valence-electron chi connectivity index (χ1n) is 5.01. The molecule has 98 valence electrons. The van der Waals surface area contributed by atoms with Crippen LogP contribution in [0, 0.1) is 0 Å². The molecule has 1 atom stereocenters. The summed E-state index contributed by atoms with van der Waals surface area (Å²) in [6.45, 7) is 1.44. The molecule has 0 N–H and O–H groups in total. The number of aromatic nitrogens is 1. The van der Waals surface area contributed by atoms with Gasteiger partial charge in [-0.05, 0) is 18.6 Å². The summed E-state index contributed by atoms with van der Waals surface area (Å²) in [7, 11) is 0. The molecule has 0 amide bonds. The van der Waals surface area contributed by atoms with Gasteiger partial charge in [-0.1, -0.05) is 6.92 Å². The maximum absolute atomic E-state index is 13.1. The van der Waals surface area contributed by atoms with Crippen molar-refractivity contribution in [3.8, 4) is 0 Å². The zero-order valence-electron chi connectivity index (χ0n) is 9.05. The molecule has 17 heavy (non-hydrogen) atoms. The molecule has 1 heterocycles. The van der Waals surface area contributed by atoms with Gasteiger partial charge in [0.25, 0.3) is 0 Å². The lowest BCUT2D eigenvalue weighted by Gasteiger charge is -2.26. The van der Waals surface area contributed by atoms with Crippen LogP contribution in [-0.2, 0) is 4.74 Å². The molecule has 0 aliphatic carbocycles. The fourth-order valence-electron chi connectivity index (χ4n) is 1.31. The topological polar surface area (TPSA) is 14.2 Å². The van der Waals surface area contributed by atoms with Crippen molar-refractivity contribution in [1.82, 2.24) is 4.57 Å². The van der Waals surface area contributed by atoms with E-state index in [1.54, 1.807) is 0 Å². The maximum Gasteiger partial charge on any atom is 0.434 e. The van der Waals surface area contributed by atoms with Gasteiger partial charge in [0.1, 0.15) is 0 Å². The van der Waals surface area contributed by atoms with E-state index in [-0.39, 0.29) is 6.42 Å². The summed E-state index contributed by atoms with van der Waals surface area (Å²) in [4.78, 5) is 0. The molecule has 0 aliphatic heterocycles. The summed E-state index contributed by atoms with van der Waals surface area (Å²) >= 11 is 0. The summed E-state index contributed by atoms with van der Waals surface area (Å²) in [6, 6.07) is 2.61. The number of nitrogens with zero attached hydrogens (tertiary/aromatic N) is 1. The van der Waals surface area contributed by atoms with E-state index in [0.717, 1.165) is 12.4 Å². The predicted octanol–water partition coefficient (Wildman–Crippen LogP) is 3.96. The Balaban J connectivity index is 2.87. The van der Waals surface area contributed by atoms with Crippen LogP contribution in [0.5, 0.6) is 0 Å². The van der Waals surface area contributed by atoms with E-state index in [1.807, 2.05) is 0 Å². The molecular weight excluding hydrogens is 245 g/mol. The molecule has 7 heteroatoms. The smallest absolute Gasteiger partial charge is 0.321 e. The summed E-state index contributed by atoms with van der Waals surface area (Å²) in [6.07, 6.45) is -10.0. The Morgan fingerprint density at radius 3 is 2.06 bits per heavy atom. The number of hydrogen-bond acceptors (Lipinski definition) is 1. The van der Waals surface area contributed by atoms with Crippen LogP contribution in [0.15, 0.2) is 24.5 Å². The molecule has 0 radical (unpaired) electrons. The predicted molar refractivity (Wildman–Crippen MR) is 50.5 cm³/mol. The molecule has 1 aromatic rings. The third-order valence-electron chi connectivity index (χ3n) is 2.00. The molecule has 0 saturated carbocycles. The van der Waals surface area contributed by atoms with Crippen molar-refractivity contribution in [3.63, 3.8) is 0 Å². The van der Waals surface area contributed by atoms with Gasteiger partial charge >= 0.3 is 12.3 Å². The third-order valence-corrected chi connectivity index (χ3v) is 2.00. The highest BCUT2D eigenvalue weighted by Gasteiger charge is 2.47. The van der Waals surface area contributed by atoms with E-state index in [2.05, 4.69) is 4.74 Å². The molecule has 2 nitrogen and oxygen atoms in total. The van der Waals surface area contributed by atoms with E-state index >= 15 is 0 Å². The molecule has 1 aromatic heterocycles. The van der Waals surface area contributed by atoms with Crippen molar-refractivity contribution < 1.29 is 26.7 Å². The standard InChI is InChI=1S/C10H12F5NO/c1-2-5-9(11,12)17-8(10(13,14)15)16-6-3-4-7-16/h3-4,6-8H,2,5H2,1H3. The van der Waals surface area contributed by atoms with Crippen LogP contribution in [-0.4, -0.2) is 16.9 Å². The number of hydrogen-bond donors (Lipinski definition) is 0. The largest absolute Gasteiger partial charge is 0.434 e. The highest BCUT2D eigenvalue weighted by molar-refractivity contribution is 4.93. The minimum Gasteiger partial charge on any atom is -0.321 e. The summed E-state index contributed by atoms with van der Waals surface area (Å²) in [5.41, 5.74) is 0. The minimum atomic E-state index is -4.89. The Labute approximate surface area is 95.0 Å². The average molecular weight is 257 g/mol. The second-order valence-corrected chi connectivity index (χ2v) is 3.53. The summed E-state index contributed by atoms with van der Waals surface area (Å²) < 4.78 is 68.3. The van der Waals surface area contributed by atoms with Gasteiger partial charge < -0.3 is 4.57 Å². The molecule has 0 aliphatic rings. The van der Waals surface area contributed by atoms with Gasteiger partial charge in [-0.15, -0.1) is 0 Å². The highest BCUT2D eigenvalue weighted by Crippen LogP contribution is 2.37. The number of alkyl halides is 5. The summed E-state index contributed by atoms with van der Waals surface area (Å²) in [5, 5.41) is 0. The Morgan fingerprint density at radius 1 is 1.12 bits per heavy atom. The van der Waals surface area contributed by atoms with E-state index in [1.165, 1.54) is 19.1 Å². The number of rotatable bonds is 5. The van der Waals surface area contributed by atoms with Crippen molar-refractivity contribution >= 4 is 0 Å². The second-order valence-electron chi connectivity index (χ2n) is 3.53. The van der Waals surface area contributed by atoms with Gasteiger partial charge in [-0.2, -0.15) is 22.0 Å². The second kappa shape index (κ2) is 5.03. The van der Waals surface area contributed by atoms with Crippen molar-refractivity contribution in [2.75, 3.05) is 0 Å². The van der Waals surface area contributed by atoms with Crippen molar-refractivity contribution in [2.24, 2.45) is 0 Å².